The second-order valence-corrected chi connectivity index (χ2v) is 8.90. The molecule has 2 N–H and O–H groups in total. The van der Waals surface area contributed by atoms with E-state index in [1.165, 1.54) is 35.0 Å². The van der Waals surface area contributed by atoms with Gasteiger partial charge >= 0.3 is 0 Å². The van der Waals surface area contributed by atoms with Gasteiger partial charge in [-0.3, -0.25) is 4.79 Å². The Balaban J connectivity index is 1.58. The molecule has 0 radical (unpaired) electrons. The standard InChI is InChI=1S/C20H21N3O2S2/c1-2-15(18(25)23-12-7-9-13(24)10-8-12)26-19-17-14-5-3-4-6-16(14)27-20(17)22-11-21-19/h7-11,15,24H,2-6H2,1H3,(H,23,25). The van der Waals surface area contributed by atoms with Crippen molar-refractivity contribution in [3.8, 4) is 5.75 Å². The fourth-order valence-corrected chi connectivity index (χ4v) is 5.72. The number of thioether (sulfide) groups is 1. The number of phenolic OH excluding ortho intramolecular Hbond substituents is 1. The summed E-state index contributed by atoms with van der Waals surface area (Å²) >= 11 is 3.29. The SMILES string of the molecule is CCC(Sc1ncnc2sc3c(c12)CCCC3)C(=O)Nc1ccc(O)cc1. The molecule has 4 rings (SSSR count). The topological polar surface area (TPSA) is 75.1 Å². The second-order valence-electron chi connectivity index (χ2n) is 6.62. The number of carbonyl (C=O) groups excluding carboxylic acids is 1. The number of aromatic hydroxyl groups is 1. The Morgan fingerprint density at radius 3 is 2.81 bits per heavy atom. The molecule has 1 unspecified atom stereocenters. The van der Waals surface area contributed by atoms with Gasteiger partial charge in [0.2, 0.25) is 5.91 Å². The molecule has 0 saturated heterocycles. The number of thiophene rings is 1. The maximum atomic E-state index is 12.8. The number of hydrogen-bond acceptors (Lipinski definition) is 6. The van der Waals surface area contributed by atoms with Crippen LogP contribution in [0.4, 0.5) is 5.69 Å². The molecule has 140 valence electrons. The minimum atomic E-state index is -0.240. The molecule has 0 bridgehead atoms. The minimum absolute atomic E-state index is 0.0518. The van der Waals surface area contributed by atoms with Crippen molar-refractivity contribution in [1.82, 2.24) is 9.97 Å². The Labute approximate surface area is 166 Å². The summed E-state index contributed by atoms with van der Waals surface area (Å²) in [6.45, 7) is 2.01. The summed E-state index contributed by atoms with van der Waals surface area (Å²) < 4.78 is 0. The van der Waals surface area contributed by atoms with Crippen LogP contribution in [0.2, 0.25) is 0 Å². The van der Waals surface area contributed by atoms with Crippen LogP contribution in [-0.4, -0.2) is 26.2 Å². The highest BCUT2D eigenvalue weighted by Gasteiger charge is 2.24. The first kappa shape index (κ1) is 18.3. The molecule has 7 heteroatoms. The summed E-state index contributed by atoms with van der Waals surface area (Å²) in [6.07, 6.45) is 6.95. The van der Waals surface area contributed by atoms with Crippen LogP contribution in [0.5, 0.6) is 5.75 Å². The van der Waals surface area contributed by atoms with Crippen molar-refractivity contribution in [2.24, 2.45) is 0 Å². The lowest BCUT2D eigenvalue weighted by molar-refractivity contribution is -0.115. The third-order valence-electron chi connectivity index (χ3n) is 4.77. The summed E-state index contributed by atoms with van der Waals surface area (Å²) in [5.74, 6) is 0.129. The Morgan fingerprint density at radius 2 is 2.04 bits per heavy atom. The first-order valence-corrected chi connectivity index (χ1v) is 10.9. The van der Waals surface area contributed by atoms with E-state index in [-0.39, 0.29) is 16.9 Å². The highest BCUT2D eigenvalue weighted by Crippen LogP contribution is 2.40. The molecule has 2 aromatic heterocycles. The average Bonchev–Trinajstić information content (AvgIpc) is 3.07. The van der Waals surface area contributed by atoms with Crippen molar-refractivity contribution in [3.05, 3.63) is 41.0 Å². The molecule has 0 fully saturated rings. The number of benzene rings is 1. The lowest BCUT2D eigenvalue weighted by atomic mass is 9.97. The van der Waals surface area contributed by atoms with Gasteiger partial charge in [-0.05, 0) is 61.9 Å². The van der Waals surface area contributed by atoms with Crippen LogP contribution in [0, 0.1) is 0 Å². The number of nitrogens with one attached hydrogen (secondary N) is 1. The van der Waals surface area contributed by atoms with E-state index in [2.05, 4.69) is 15.3 Å². The van der Waals surface area contributed by atoms with E-state index in [0.717, 1.165) is 28.1 Å². The van der Waals surface area contributed by atoms with Crippen LogP contribution < -0.4 is 5.32 Å². The van der Waals surface area contributed by atoms with Crippen LogP contribution >= 0.6 is 23.1 Å². The molecule has 27 heavy (non-hydrogen) atoms. The number of hydrogen-bond donors (Lipinski definition) is 2. The second kappa shape index (κ2) is 7.86. The van der Waals surface area contributed by atoms with Gasteiger partial charge in [0.15, 0.2) is 0 Å². The first-order valence-electron chi connectivity index (χ1n) is 9.17. The van der Waals surface area contributed by atoms with E-state index in [4.69, 9.17) is 0 Å². The third kappa shape index (κ3) is 3.80. The van der Waals surface area contributed by atoms with Gasteiger partial charge in [0, 0.05) is 16.0 Å². The zero-order chi connectivity index (χ0) is 18.8. The van der Waals surface area contributed by atoms with Crippen LogP contribution in [-0.2, 0) is 17.6 Å². The molecule has 1 aliphatic rings. The van der Waals surface area contributed by atoms with Crippen molar-refractivity contribution in [1.29, 1.82) is 0 Å². The van der Waals surface area contributed by atoms with Gasteiger partial charge in [0.1, 0.15) is 21.9 Å². The third-order valence-corrected chi connectivity index (χ3v) is 7.33. The van der Waals surface area contributed by atoms with Crippen molar-refractivity contribution in [2.45, 2.75) is 49.3 Å². The number of rotatable bonds is 5. The normalized spacial score (nSPS) is 14.7. The molecule has 0 aliphatic heterocycles. The van der Waals surface area contributed by atoms with Crippen molar-refractivity contribution in [3.63, 3.8) is 0 Å². The fourth-order valence-electron chi connectivity index (χ4n) is 3.38. The Hall–Kier alpha value is -2.12. The molecule has 5 nitrogen and oxygen atoms in total. The van der Waals surface area contributed by atoms with E-state index in [1.807, 2.05) is 6.92 Å². The number of anilines is 1. The van der Waals surface area contributed by atoms with E-state index < -0.39 is 0 Å². The van der Waals surface area contributed by atoms with E-state index >= 15 is 0 Å². The molecule has 1 aliphatic carbocycles. The van der Waals surface area contributed by atoms with E-state index in [1.54, 1.807) is 41.9 Å². The number of aromatic nitrogens is 2. The molecule has 1 amide bonds. The molecule has 3 aromatic rings. The fraction of sp³-hybridized carbons (Fsp3) is 0.350. The maximum Gasteiger partial charge on any atom is 0.237 e. The number of phenols is 1. The molecular weight excluding hydrogens is 378 g/mol. The Kier molecular flexibility index (Phi) is 5.31. The lowest BCUT2D eigenvalue weighted by Gasteiger charge is -2.16. The smallest absolute Gasteiger partial charge is 0.237 e. The summed E-state index contributed by atoms with van der Waals surface area (Å²) in [7, 11) is 0. The van der Waals surface area contributed by atoms with Crippen LogP contribution in [0.15, 0.2) is 35.6 Å². The quantitative estimate of drug-likeness (QED) is 0.367. The van der Waals surface area contributed by atoms with Gasteiger partial charge in [-0.1, -0.05) is 18.7 Å². The van der Waals surface area contributed by atoms with Crippen molar-refractivity contribution >= 4 is 44.9 Å². The van der Waals surface area contributed by atoms with Crippen molar-refractivity contribution < 1.29 is 9.90 Å². The van der Waals surface area contributed by atoms with E-state index in [0.29, 0.717) is 12.1 Å². The predicted molar refractivity (Wildman–Crippen MR) is 111 cm³/mol. The average molecular weight is 400 g/mol. The number of nitrogens with zero attached hydrogens (tertiary/aromatic N) is 2. The Bertz CT molecular complexity index is 969. The Morgan fingerprint density at radius 1 is 1.26 bits per heavy atom. The van der Waals surface area contributed by atoms with Crippen molar-refractivity contribution in [2.75, 3.05) is 5.32 Å². The highest BCUT2D eigenvalue weighted by atomic mass is 32.2. The van der Waals surface area contributed by atoms with Gasteiger partial charge in [-0.2, -0.15) is 0 Å². The molecule has 1 aromatic carbocycles. The minimum Gasteiger partial charge on any atom is -0.508 e. The summed E-state index contributed by atoms with van der Waals surface area (Å²) in [6, 6.07) is 6.52. The summed E-state index contributed by atoms with van der Waals surface area (Å²) in [4.78, 5) is 24.2. The molecule has 1 atom stereocenters. The van der Waals surface area contributed by atoms with Crippen LogP contribution in [0.1, 0.15) is 36.6 Å². The van der Waals surface area contributed by atoms with Gasteiger partial charge in [0.25, 0.3) is 0 Å². The number of amides is 1. The van der Waals surface area contributed by atoms with Crippen LogP contribution in [0.25, 0.3) is 10.2 Å². The molecule has 2 heterocycles. The monoisotopic (exact) mass is 399 g/mol. The lowest BCUT2D eigenvalue weighted by Crippen LogP contribution is -2.24. The summed E-state index contributed by atoms with van der Waals surface area (Å²) in [5.41, 5.74) is 2.07. The number of fused-ring (bicyclic) bond motifs is 3. The van der Waals surface area contributed by atoms with Gasteiger partial charge < -0.3 is 10.4 Å². The molecule has 0 saturated carbocycles. The zero-order valence-corrected chi connectivity index (χ0v) is 16.7. The molecule has 0 spiro atoms. The zero-order valence-electron chi connectivity index (χ0n) is 15.1. The van der Waals surface area contributed by atoms with Gasteiger partial charge in [0.05, 0.1) is 5.25 Å². The van der Waals surface area contributed by atoms with Crippen LogP contribution in [0.3, 0.4) is 0 Å². The first-order chi connectivity index (χ1) is 13.2. The summed E-state index contributed by atoms with van der Waals surface area (Å²) in [5, 5.41) is 14.1. The number of carbonyl (C=O) groups is 1. The predicted octanol–water partition coefficient (Wildman–Crippen LogP) is 4.79. The number of aryl methyl sites for hydroxylation is 2. The maximum absolute atomic E-state index is 12.8. The highest BCUT2D eigenvalue weighted by molar-refractivity contribution is 8.00. The van der Waals surface area contributed by atoms with E-state index in [9.17, 15) is 9.90 Å². The molecular formula is C20H21N3O2S2. The van der Waals surface area contributed by atoms with Gasteiger partial charge in [-0.25, -0.2) is 9.97 Å². The largest absolute Gasteiger partial charge is 0.508 e. The van der Waals surface area contributed by atoms with Gasteiger partial charge in [-0.15, -0.1) is 11.3 Å².